The number of furan rings is 1. The lowest BCUT2D eigenvalue weighted by atomic mass is 10.00. The molecule has 1 aliphatic heterocycles. The van der Waals surface area contributed by atoms with Crippen molar-refractivity contribution in [2.24, 2.45) is 0 Å². The van der Waals surface area contributed by atoms with Gasteiger partial charge in [0, 0.05) is 26.2 Å². The number of benzene rings is 1. The van der Waals surface area contributed by atoms with Gasteiger partial charge in [-0.25, -0.2) is 4.39 Å². The van der Waals surface area contributed by atoms with Crippen molar-refractivity contribution in [3.63, 3.8) is 0 Å². The molecule has 1 aromatic carbocycles. The summed E-state index contributed by atoms with van der Waals surface area (Å²) in [5.41, 5.74) is -0.799. The Morgan fingerprint density at radius 2 is 1.83 bits per heavy atom. The summed E-state index contributed by atoms with van der Waals surface area (Å²) in [7, 11) is 0. The first kappa shape index (κ1) is 18.8. The normalized spacial score (nSPS) is 17.3. The van der Waals surface area contributed by atoms with Gasteiger partial charge in [0.2, 0.25) is 0 Å². The van der Waals surface area contributed by atoms with Crippen molar-refractivity contribution < 1.29 is 22.0 Å². The van der Waals surface area contributed by atoms with E-state index in [0.717, 1.165) is 25.2 Å². The number of nitrogens with one attached hydrogen (secondary N) is 1. The highest BCUT2D eigenvalue weighted by Gasteiger charge is 2.35. The number of hydrogen-bond acceptors (Lipinski definition) is 3. The van der Waals surface area contributed by atoms with E-state index in [2.05, 4.69) is 10.2 Å². The molecule has 3 rings (SSSR count). The lowest BCUT2D eigenvalue weighted by Crippen LogP contribution is -2.45. The smallest absolute Gasteiger partial charge is 0.419 e. The second-order valence-corrected chi connectivity index (χ2v) is 5.44. The Bertz CT molecular complexity index is 655. The van der Waals surface area contributed by atoms with Crippen LogP contribution in [0.15, 0.2) is 41.0 Å². The van der Waals surface area contributed by atoms with Crippen LogP contribution >= 0.6 is 12.4 Å². The fraction of sp³-hybridized carbons (Fsp3) is 0.375. The van der Waals surface area contributed by atoms with Crippen molar-refractivity contribution in [1.29, 1.82) is 0 Å². The van der Waals surface area contributed by atoms with Crippen LogP contribution in [0.25, 0.3) is 0 Å². The summed E-state index contributed by atoms with van der Waals surface area (Å²) in [6.45, 7) is 2.93. The minimum absolute atomic E-state index is 0. The van der Waals surface area contributed by atoms with Gasteiger partial charge in [-0.05, 0) is 29.8 Å². The lowest BCUT2D eigenvalue weighted by Gasteiger charge is -2.34. The van der Waals surface area contributed by atoms with Gasteiger partial charge in [0.05, 0.1) is 17.9 Å². The maximum Gasteiger partial charge on any atom is 0.419 e. The number of piperazine rings is 1. The molecule has 0 bridgehead atoms. The standard InChI is InChI=1S/C16H16F4N2O.ClH/c17-13-10-11(3-4-12(13)16(18,19)20)15(14-2-1-9-23-14)22-7-5-21-6-8-22;/h1-4,9-10,15,21H,5-8H2;1H/t15-;/m0./s1. The number of nitrogens with zero attached hydrogens (tertiary/aromatic N) is 1. The molecule has 1 aromatic heterocycles. The van der Waals surface area contributed by atoms with Gasteiger partial charge in [-0.15, -0.1) is 12.4 Å². The lowest BCUT2D eigenvalue weighted by molar-refractivity contribution is -0.140. The summed E-state index contributed by atoms with van der Waals surface area (Å²) in [6.07, 6.45) is -3.19. The molecule has 0 amide bonds. The summed E-state index contributed by atoms with van der Waals surface area (Å²) >= 11 is 0. The van der Waals surface area contributed by atoms with Gasteiger partial charge in [-0.1, -0.05) is 6.07 Å². The van der Waals surface area contributed by atoms with Gasteiger partial charge in [-0.3, -0.25) is 4.90 Å². The number of rotatable bonds is 3. The van der Waals surface area contributed by atoms with Crippen LogP contribution in [-0.2, 0) is 6.18 Å². The molecule has 2 aromatic rings. The van der Waals surface area contributed by atoms with Crippen LogP contribution < -0.4 is 5.32 Å². The predicted octanol–water partition coefficient (Wildman–Crippen LogP) is 3.85. The Balaban J connectivity index is 0.00000208. The highest BCUT2D eigenvalue weighted by Crippen LogP contribution is 2.35. The molecule has 24 heavy (non-hydrogen) atoms. The molecule has 0 radical (unpaired) electrons. The third-order valence-electron chi connectivity index (χ3n) is 3.94. The predicted molar refractivity (Wildman–Crippen MR) is 83.6 cm³/mol. The maximum absolute atomic E-state index is 13.9. The van der Waals surface area contributed by atoms with Gasteiger partial charge >= 0.3 is 6.18 Å². The van der Waals surface area contributed by atoms with Crippen molar-refractivity contribution in [3.05, 3.63) is 59.3 Å². The van der Waals surface area contributed by atoms with Crippen LogP contribution in [0.3, 0.4) is 0 Å². The maximum atomic E-state index is 13.9. The molecule has 0 spiro atoms. The van der Waals surface area contributed by atoms with Gasteiger partial charge < -0.3 is 9.73 Å². The molecule has 1 fully saturated rings. The Morgan fingerprint density at radius 3 is 2.38 bits per heavy atom. The van der Waals surface area contributed by atoms with Crippen LogP contribution in [0.1, 0.15) is 22.9 Å². The number of halogens is 5. The van der Waals surface area contributed by atoms with Crippen LogP contribution in [0.2, 0.25) is 0 Å². The molecular weight excluding hydrogens is 348 g/mol. The van der Waals surface area contributed by atoms with Crippen LogP contribution in [0, 0.1) is 5.82 Å². The molecule has 2 heterocycles. The fourth-order valence-electron chi connectivity index (χ4n) is 2.87. The Hall–Kier alpha value is -1.57. The minimum Gasteiger partial charge on any atom is -0.467 e. The van der Waals surface area contributed by atoms with Crippen LogP contribution in [0.5, 0.6) is 0 Å². The van der Waals surface area contributed by atoms with E-state index in [-0.39, 0.29) is 12.4 Å². The number of alkyl halides is 3. The van der Waals surface area contributed by atoms with E-state index in [9.17, 15) is 17.6 Å². The molecule has 0 unspecified atom stereocenters. The van der Waals surface area contributed by atoms with E-state index in [0.29, 0.717) is 24.4 Å². The quantitative estimate of drug-likeness (QED) is 0.838. The first-order valence-electron chi connectivity index (χ1n) is 7.31. The van der Waals surface area contributed by atoms with Gasteiger partial charge in [0.1, 0.15) is 11.6 Å². The van der Waals surface area contributed by atoms with Gasteiger partial charge in [0.25, 0.3) is 0 Å². The molecule has 132 valence electrons. The van der Waals surface area contributed by atoms with E-state index in [1.165, 1.54) is 12.3 Å². The van der Waals surface area contributed by atoms with E-state index in [4.69, 9.17) is 4.42 Å². The van der Waals surface area contributed by atoms with E-state index < -0.39 is 23.6 Å². The zero-order valence-corrected chi connectivity index (χ0v) is 13.5. The second kappa shape index (κ2) is 7.55. The molecule has 1 aliphatic rings. The first-order valence-corrected chi connectivity index (χ1v) is 7.31. The van der Waals surface area contributed by atoms with Crippen LogP contribution in [-0.4, -0.2) is 31.1 Å². The molecular formula is C16H17ClF4N2O. The summed E-state index contributed by atoms with van der Waals surface area (Å²) in [5.74, 6) is -0.673. The SMILES string of the molecule is Cl.Fc1cc([C@@H](c2ccco2)N2CCNCC2)ccc1C(F)(F)F. The average molecular weight is 365 g/mol. The zero-order valence-electron chi connectivity index (χ0n) is 12.6. The topological polar surface area (TPSA) is 28.4 Å². The van der Waals surface area contributed by atoms with Crippen molar-refractivity contribution >= 4 is 12.4 Å². The Labute approximate surface area is 143 Å². The summed E-state index contributed by atoms with van der Waals surface area (Å²) in [6, 6.07) is 6.14. The fourth-order valence-corrected chi connectivity index (χ4v) is 2.87. The minimum atomic E-state index is -4.70. The van der Waals surface area contributed by atoms with Crippen molar-refractivity contribution in [3.8, 4) is 0 Å². The average Bonchev–Trinajstić information content (AvgIpc) is 3.01. The Morgan fingerprint density at radius 1 is 1.12 bits per heavy atom. The van der Waals surface area contributed by atoms with Gasteiger partial charge in [0.15, 0.2) is 0 Å². The molecule has 8 heteroatoms. The highest BCUT2D eigenvalue weighted by molar-refractivity contribution is 5.85. The third kappa shape index (κ3) is 3.91. The summed E-state index contributed by atoms with van der Waals surface area (Å²) in [4.78, 5) is 2.07. The van der Waals surface area contributed by atoms with E-state index in [1.807, 2.05) is 0 Å². The molecule has 1 atom stereocenters. The van der Waals surface area contributed by atoms with Gasteiger partial charge in [-0.2, -0.15) is 13.2 Å². The zero-order chi connectivity index (χ0) is 16.4. The molecule has 1 saturated heterocycles. The van der Waals surface area contributed by atoms with Crippen molar-refractivity contribution in [1.82, 2.24) is 10.2 Å². The monoisotopic (exact) mass is 364 g/mol. The van der Waals surface area contributed by atoms with E-state index in [1.54, 1.807) is 12.1 Å². The third-order valence-corrected chi connectivity index (χ3v) is 3.94. The molecule has 0 aliphatic carbocycles. The Kier molecular flexibility index (Phi) is 5.90. The summed E-state index contributed by atoms with van der Waals surface area (Å²) < 4.78 is 57.6. The van der Waals surface area contributed by atoms with Crippen LogP contribution in [0.4, 0.5) is 17.6 Å². The number of hydrogen-bond donors (Lipinski definition) is 1. The molecule has 0 saturated carbocycles. The highest BCUT2D eigenvalue weighted by atomic mass is 35.5. The second-order valence-electron chi connectivity index (χ2n) is 5.44. The largest absolute Gasteiger partial charge is 0.467 e. The van der Waals surface area contributed by atoms with Crippen molar-refractivity contribution in [2.75, 3.05) is 26.2 Å². The van der Waals surface area contributed by atoms with E-state index >= 15 is 0 Å². The molecule has 1 N–H and O–H groups in total. The first-order chi connectivity index (χ1) is 11.0. The van der Waals surface area contributed by atoms with Crippen molar-refractivity contribution in [2.45, 2.75) is 12.2 Å². The molecule has 3 nitrogen and oxygen atoms in total. The summed E-state index contributed by atoms with van der Waals surface area (Å²) in [5, 5.41) is 3.21.